The summed E-state index contributed by atoms with van der Waals surface area (Å²) in [5.41, 5.74) is 1.91. The van der Waals surface area contributed by atoms with Gasteiger partial charge < -0.3 is 9.67 Å². The van der Waals surface area contributed by atoms with E-state index >= 15 is 0 Å². The van der Waals surface area contributed by atoms with Crippen molar-refractivity contribution in [3.05, 3.63) is 63.6 Å². The Hall–Kier alpha value is -2.59. The molecule has 0 spiro atoms. The lowest BCUT2D eigenvalue weighted by atomic mass is 10.0. The van der Waals surface area contributed by atoms with Crippen molar-refractivity contribution in [3.63, 3.8) is 0 Å². The van der Waals surface area contributed by atoms with Crippen molar-refractivity contribution >= 4 is 34.0 Å². The zero-order valence-corrected chi connectivity index (χ0v) is 15.4. The molecular weight excluding hydrogens is 348 g/mol. The zero-order valence-electron chi connectivity index (χ0n) is 14.7. The number of rotatable bonds is 4. The van der Waals surface area contributed by atoms with Crippen LogP contribution in [0.2, 0.25) is 5.02 Å². The van der Waals surface area contributed by atoms with Crippen LogP contribution in [0.15, 0.2) is 47.5 Å². The first-order valence-electron chi connectivity index (χ1n) is 8.71. The predicted molar refractivity (Wildman–Crippen MR) is 103 cm³/mol. The number of hydrogen-bond donors (Lipinski definition) is 1. The van der Waals surface area contributed by atoms with Gasteiger partial charge in [0.1, 0.15) is 0 Å². The molecule has 5 heteroatoms. The van der Waals surface area contributed by atoms with Crippen molar-refractivity contribution in [1.29, 1.82) is 0 Å². The van der Waals surface area contributed by atoms with Gasteiger partial charge in [-0.15, -0.1) is 0 Å². The average Bonchev–Trinajstić information content (AvgIpc) is 3.05. The Morgan fingerprint density at radius 3 is 2.73 bits per heavy atom. The summed E-state index contributed by atoms with van der Waals surface area (Å²) >= 11 is 6.03. The Morgan fingerprint density at radius 2 is 1.96 bits per heavy atom. The average molecular weight is 367 g/mol. The van der Waals surface area contributed by atoms with Gasteiger partial charge in [-0.25, -0.2) is 4.99 Å². The summed E-state index contributed by atoms with van der Waals surface area (Å²) < 4.78 is 1.89. The summed E-state index contributed by atoms with van der Waals surface area (Å²) in [7, 11) is 0. The Bertz CT molecular complexity index is 1160. The second kappa shape index (κ2) is 6.29. The summed E-state index contributed by atoms with van der Waals surface area (Å²) in [6.07, 6.45) is 0.936. The smallest absolute Gasteiger partial charge is 0.279 e. The van der Waals surface area contributed by atoms with Gasteiger partial charge in [0.05, 0.1) is 22.0 Å². The molecule has 0 saturated carbocycles. The van der Waals surface area contributed by atoms with Crippen molar-refractivity contribution in [3.8, 4) is 5.88 Å². The Labute approximate surface area is 156 Å². The maximum Gasteiger partial charge on any atom is 0.279 e. The highest BCUT2D eigenvalue weighted by atomic mass is 35.5. The number of aryl methyl sites for hydroxylation is 1. The molecule has 132 valence electrons. The lowest BCUT2D eigenvalue weighted by Gasteiger charge is -2.09. The Kier molecular flexibility index (Phi) is 4.08. The summed E-state index contributed by atoms with van der Waals surface area (Å²) in [6, 6.07) is 13.0. The maximum atomic E-state index is 12.6. The SMILES string of the molecule is CC(C)CCn1c(O)c(C2=c3ccc(Cl)cc3=NC2=O)c2ccccc21. The van der Waals surface area contributed by atoms with E-state index in [0.29, 0.717) is 39.2 Å². The summed E-state index contributed by atoms with van der Waals surface area (Å²) in [5, 5.41) is 13.7. The van der Waals surface area contributed by atoms with Crippen molar-refractivity contribution in [2.75, 3.05) is 0 Å². The van der Waals surface area contributed by atoms with E-state index in [1.165, 1.54) is 0 Å². The number of nitrogens with zero attached hydrogens (tertiary/aromatic N) is 2. The van der Waals surface area contributed by atoms with Crippen LogP contribution in [-0.2, 0) is 11.3 Å². The maximum absolute atomic E-state index is 12.6. The molecule has 3 aromatic rings. The van der Waals surface area contributed by atoms with Crippen LogP contribution in [0.4, 0.5) is 0 Å². The van der Waals surface area contributed by atoms with Gasteiger partial charge in [-0.05, 0) is 30.5 Å². The van der Waals surface area contributed by atoms with Crippen molar-refractivity contribution in [2.45, 2.75) is 26.8 Å². The topological polar surface area (TPSA) is 54.6 Å². The van der Waals surface area contributed by atoms with E-state index in [-0.39, 0.29) is 11.8 Å². The van der Waals surface area contributed by atoms with E-state index < -0.39 is 0 Å². The van der Waals surface area contributed by atoms with Gasteiger partial charge in [0.25, 0.3) is 5.91 Å². The van der Waals surface area contributed by atoms with E-state index in [0.717, 1.165) is 17.3 Å². The summed E-state index contributed by atoms with van der Waals surface area (Å²) in [6.45, 7) is 4.99. The number of carbonyl (C=O) groups is 1. The second-order valence-electron chi connectivity index (χ2n) is 7.00. The lowest BCUT2D eigenvalue weighted by Crippen LogP contribution is -2.22. The molecule has 4 nitrogen and oxygen atoms in total. The summed E-state index contributed by atoms with van der Waals surface area (Å²) in [4.78, 5) is 16.8. The molecule has 0 atom stereocenters. The van der Waals surface area contributed by atoms with Gasteiger partial charge in [-0.3, -0.25) is 4.79 Å². The Morgan fingerprint density at radius 1 is 1.19 bits per heavy atom. The number of halogens is 1. The fourth-order valence-electron chi connectivity index (χ4n) is 3.48. The Balaban J connectivity index is 2.03. The molecule has 0 bridgehead atoms. The van der Waals surface area contributed by atoms with E-state index in [1.54, 1.807) is 18.2 Å². The van der Waals surface area contributed by atoms with Crippen LogP contribution in [0, 0.1) is 5.92 Å². The van der Waals surface area contributed by atoms with Crippen LogP contribution in [0.1, 0.15) is 25.8 Å². The number of aromatic hydroxyl groups is 1. The number of hydrogen-bond acceptors (Lipinski definition) is 2. The quantitative estimate of drug-likeness (QED) is 0.769. The van der Waals surface area contributed by atoms with Crippen LogP contribution in [-0.4, -0.2) is 15.6 Å². The fourth-order valence-corrected chi connectivity index (χ4v) is 3.65. The third-order valence-electron chi connectivity index (χ3n) is 4.79. The molecule has 0 unspecified atom stereocenters. The van der Waals surface area contributed by atoms with Gasteiger partial charge in [-0.1, -0.05) is 49.7 Å². The molecule has 26 heavy (non-hydrogen) atoms. The molecule has 0 aliphatic carbocycles. The molecule has 1 aliphatic heterocycles. The summed E-state index contributed by atoms with van der Waals surface area (Å²) in [5.74, 6) is 0.287. The normalized spacial score (nSPS) is 13.5. The van der Waals surface area contributed by atoms with E-state index in [4.69, 9.17) is 11.6 Å². The third kappa shape index (κ3) is 2.61. The molecular formula is C21H19ClN2O2. The first kappa shape index (κ1) is 16.9. The molecule has 2 heterocycles. The third-order valence-corrected chi connectivity index (χ3v) is 5.02. The van der Waals surface area contributed by atoms with Crippen molar-refractivity contribution < 1.29 is 9.90 Å². The number of para-hydroxylation sites is 1. The number of fused-ring (bicyclic) bond motifs is 2. The first-order valence-corrected chi connectivity index (χ1v) is 9.08. The van der Waals surface area contributed by atoms with Crippen LogP contribution < -0.4 is 10.6 Å². The first-order chi connectivity index (χ1) is 12.5. The minimum absolute atomic E-state index is 0.119. The largest absolute Gasteiger partial charge is 0.494 e. The number of amides is 1. The van der Waals surface area contributed by atoms with Crippen LogP contribution in [0.25, 0.3) is 16.5 Å². The van der Waals surface area contributed by atoms with E-state index in [1.807, 2.05) is 28.8 Å². The molecule has 0 saturated heterocycles. The molecule has 2 aromatic carbocycles. The molecule has 1 aliphatic rings. The van der Waals surface area contributed by atoms with Gasteiger partial charge in [0.2, 0.25) is 0 Å². The monoisotopic (exact) mass is 366 g/mol. The number of carbonyl (C=O) groups excluding carboxylic acids is 1. The van der Waals surface area contributed by atoms with Gasteiger partial charge in [0.15, 0.2) is 5.88 Å². The zero-order chi connectivity index (χ0) is 18.4. The van der Waals surface area contributed by atoms with Crippen molar-refractivity contribution in [2.24, 2.45) is 10.9 Å². The minimum atomic E-state index is -0.343. The molecule has 0 radical (unpaired) electrons. The molecule has 1 aromatic heterocycles. The van der Waals surface area contributed by atoms with Crippen molar-refractivity contribution in [1.82, 2.24) is 4.57 Å². The van der Waals surface area contributed by atoms with Crippen LogP contribution in [0.5, 0.6) is 5.88 Å². The van der Waals surface area contributed by atoms with Gasteiger partial charge >= 0.3 is 0 Å². The second-order valence-corrected chi connectivity index (χ2v) is 7.44. The van der Waals surface area contributed by atoms with Gasteiger partial charge in [-0.2, -0.15) is 0 Å². The minimum Gasteiger partial charge on any atom is -0.494 e. The molecule has 1 N–H and O–H groups in total. The highest BCUT2D eigenvalue weighted by Gasteiger charge is 2.27. The fraction of sp³-hybridized carbons (Fsp3) is 0.238. The standard InChI is InChI=1S/C21H19ClN2O2/c1-12(2)9-10-24-17-6-4-3-5-15(17)19(21(24)26)18-14-8-7-13(22)11-16(14)23-20(18)25/h3-8,11-12,26H,9-10H2,1-2H3. The molecule has 4 rings (SSSR count). The molecule has 1 amide bonds. The van der Waals surface area contributed by atoms with Crippen LogP contribution in [0.3, 0.4) is 0 Å². The van der Waals surface area contributed by atoms with E-state index in [2.05, 4.69) is 18.8 Å². The van der Waals surface area contributed by atoms with Gasteiger partial charge in [0, 0.05) is 22.2 Å². The number of benzene rings is 2. The van der Waals surface area contributed by atoms with E-state index in [9.17, 15) is 9.90 Å². The highest BCUT2D eigenvalue weighted by molar-refractivity contribution is 6.30. The number of aromatic nitrogens is 1. The lowest BCUT2D eigenvalue weighted by molar-refractivity contribution is -0.112. The molecule has 0 fully saturated rings. The predicted octanol–water partition coefficient (Wildman–Crippen LogP) is 3.41. The van der Waals surface area contributed by atoms with Crippen LogP contribution >= 0.6 is 11.6 Å². The highest BCUT2D eigenvalue weighted by Crippen LogP contribution is 2.36.